The molecule has 2 aromatic heterocycles. The minimum absolute atomic E-state index is 0.0240. The van der Waals surface area contributed by atoms with E-state index in [1.54, 1.807) is 17.8 Å². The zero-order chi connectivity index (χ0) is 17.8. The summed E-state index contributed by atoms with van der Waals surface area (Å²) in [6.07, 6.45) is 4.80. The van der Waals surface area contributed by atoms with Gasteiger partial charge in [-0.3, -0.25) is 18.7 Å². The van der Waals surface area contributed by atoms with Gasteiger partial charge in [-0.05, 0) is 26.2 Å². The Hall–Kier alpha value is -2.26. The minimum atomic E-state index is -0.273. The number of carbonyl (C=O) groups excluding carboxylic acids is 1. The Morgan fingerprint density at radius 1 is 1.40 bits per heavy atom. The topological polar surface area (TPSA) is 108 Å². The number of ether oxygens (including phenoxy) is 2. The number of esters is 1. The van der Waals surface area contributed by atoms with Crippen molar-refractivity contribution in [1.82, 2.24) is 19.1 Å². The van der Waals surface area contributed by atoms with Crippen LogP contribution in [0, 0.1) is 0 Å². The summed E-state index contributed by atoms with van der Waals surface area (Å²) in [5, 5.41) is 9.18. The smallest absolute Gasteiger partial charge is 0.305 e. The molecule has 1 aliphatic rings. The fraction of sp³-hybridized carbons (Fsp3) is 0.625. The number of rotatable bonds is 7. The standard InChI is InChI=1S/C16H22N4O5/c1-2-24-13(22)4-3-7-19-9-18-15-14(16(19)23)17-10-20(15)12-6-5-11(8-21)25-12/h9-12,21H,2-8H2,1H3/t11-,12+/m0/s1. The number of carbonyl (C=O) groups is 1. The van der Waals surface area contributed by atoms with Crippen LogP contribution in [0.25, 0.3) is 11.2 Å². The Morgan fingerprint density at radius 2 is 2.24 bits per heavy atom. The van der Waals surface area contributed by atoms with Gasteiger partial charge in [-0.15, -0.1) is 0 Å². The molecular weight excluding hydrogens is 328 g/mol. The van der Waals surface area contributed by atoms with E-state index < -0.39 is 0 Å². The maximum absolute atomic E-state index is 12.5. The van der Waals surface area contributed by atoms with Gasteiger partial charge in [-0.25, -0.2) is 9.97 Å². The first-order valence-corrected chi connectivity index (χ1v) is 8.48. The van der Waals surface area contributed by atoms with Crippen LogP contribution in [0.2, 0.25) is 0 Å². The van der Waals surface area contributed by atoms with Crippen LogP contribution >= 0.6 is 0 Å². The summed E-state index contributed by atoms with van der Waals surface area (Å²) in [4.78, 5) is 32.4. The molecule has 1 fully saturated rings. The van der Waals surface area contributed by atoms with Gasteiger partial charge in [0.1, 0.15) is 12.6 Å². The molecule has 0 spiro atoms. The van der Waals surface area contributed by atoms with Crippen molar-refractivity contribution in [3.63, 3.8) is 0 Å². The van der Waals surface area contributed by atoms with Gasteiger partial charge >= 0.3 is 5.97 Å². The second-order valence-corrected chi connectivity index (χ2v) is 5.95. The second kappa shape index (κ2) is 7.75. The molecule has 9 nitrogen and oxygen atoms in total. The van der Waals surface area contributed by atoms with Crippen LogP contribution in [0.3, 0.4) is 0 Å². The maximum atomic E-state index is 12.5. The molecule has 1 aliphatic heterocycles. The predicted molar refractivity (Wildman–Crippen MR) is 87.9 cm³/mol. The predicted octanol–water partition coefficient (Wildman–Crippen LogP) is 0.606. The number of imidazole rings is 1. The third-order valence-corrected chi connectivity index (χ3v) is 4.23. The number of nitrogens with zero attached hydrogens (tertiary/aromatic N) is 4. The van der Waals surface area contributed by atoms with Crippen molar-refractivity contribution in [2.45, 2.75) is 51.5 Å². The Balaban J connectivity index is 1.73. The van der Waals surface area contributed by atoms with Gasteiger partial charge in [-0.2, -0.15) is 0 Å². The van der Waals surface area contributed by atoms with E-state index in [9.17, 15) is 14.7 Å². The summed E-state index contributed by atoms with van der Waals surface area (Å²) >= 11 is 0. The molecular formula is C16H22N4O5. The molecule has 1 saturated heterocycles. The Labute approximate surface area is 144 Å². The zero-order valence-electron chi connectivity index (χ0n) is 14.1. The summed E-state index contributed by atoms with van der Waals surface area (Å²) in [7, 11) is 0. The van der Waals surface area contributed by atoms with Gasteiger partial charge < -0.3 is 14.6 Å². The molecule has 2 atom stereocenters. The average molecular weight is 350 g/mol. The van der Waals surface area contributed by atoms with Crippen molar-refractivity contribution in [2.75, 3.05) is 13.2 Å². The highest BCUT2D eigenvalue weighted by Crippen LogP contribution is 2.29. The van der Waals surface area contributed by atoms with Crippen molar-refractivity contribution in [1.29, 1.82) is 0 Å². The van der Waals surface area contributed by atoms with Gasteiger partial charge in [0.05, 0.1) is 25.6 Å². The van der Waals surface area contributed by atoms with E-state index in [2.05, 4.69) is 9.97 Å². The summed E-state index contributed by atoms with van der Waals surface area (Å²) in [5.41, 5.74) is 0.495. The van der Waals surface area contributed by atoms with Crippen molar-refractivity contribution >= 4 is 17.1 Å². The fourth-order valence-electron chi connectivity index (χ4n) is 2.97. The molecule has 0 amide bonds. The van der Waals surface area contributed by atoms with E-state index in [4.69, 9.17) is 9.47 Å². The van der Waals surface area contributed by atoms with Crippen molar-refractivity contribution in [3.05, 3.63) is 23.0 Å². The number of aliphatic hydroxyl groups excluding tert-OH is 1. The molecule has 3 rings (SSSR count). The number of aromatic nitrogens is 4. The van der Waals surface area contributed by atoms with Crippen LogP contribution in [0.5, 0.6) is 0 Å². The monoisotopic (exact) mass is 350 g/mol. The molecule has 136 valence electrons. The molecule has 1 N–H and O–H groups in total. The lowest BCUT2D eigenvalue weighted by atomic mass is 10.2. The summed E-state index contributed by atoms with van der Waals surface area (Å²) in [5.74, 6) is -0.273. The highest BCUT2D eigenvalue weighted by atomic mass is 16.5. The molecule has 25 heavy (non-hydrogen) atoms. The van der Waals surface area contributed by atoms with E-state index in [-0.39, 0.29) is 42.4 Å². The number of hydrogen-bond donors (Lipinski definition) is 1. The third-order valence-electron chi connectivity index (χ3n) is 4.23. The minimum Gasteiger partial charge on any atom is -0.466 e. The average Bonchev–Trinajstić information content (AvgIpc) is 3.23. The van der Waals surface area contributed by atoms with Crippen LogP contribution < -0.4 is 5.56 Å². The molecule has 0 aromatic carbocycles. The highest BCUT2D eigenvalue weighted by molar-refractivity contribution is 5.69. The molecule has 2 aromatic rings. The molecule has 0 unspecified atom stereocenters. The van der Waals surface area contributed by atoms with Crippen molar-refractivity contribution in [2.24, 2.45) is 0 Å². The van der Waals surface area contributed by atoms with Gasteiger partial charge in [0.15, 0.2) is 11.2 Å². The second-order valence-electron chi connectivity index (χ2n) is 5.95. The van der Waals surface area contributed by atoms with E-state index in [0.717, 1.165) is 12.8 Å². The lowest BCUT2D eigenvalue weighted by Crippen LogP contribution is -2.22. The van der Waals surface area contributed by atoms with E-state index in [0.29, 0.717) is 25.2 Å². The Kier molecular flexibility index (Phi) is 5.44. The maximum Gasteiger partial charge on any atom is 0.305 e. The van der Waals surface area contributed by atoms with E-state index in [1.165, 1.54) is 10.9 Å². The van der Waals surface area contributed by atoms with Crippen LogP contribution in [0.4, 0.5) is 0 Å². The fourth-order valence-corrected chi connectivity index (χ4v) is 2.97. The molecule has 0 radical (unpaired) electrons. The molecule has 0 aliphatic carbocycles. The number of aliphatic hydroxyl groups is 1. The molecule has 0 saturated carbocycles. The lowest BCUT2D eigenvalue weighted by molar-refractivity contribution is -0.143. The Bertz CT molecular complexity index is 799. The molecule has 9 heteroatoms. The quantitative estimate of drug-likeness (QED) is 0.729. The van der Waals surface area contributed by atoms with Gasteiger partial charge in [-0.1, -0.05) is 0 Å². The first kappa shape index (κ1) is 17.6. The third kappa shape index (κ3) is 3.72. The molecule has 0 bridgehead atoms. The van der Waals surface area contributed by atoms with Crippen molar-refractivity contribution < 1.29 is 19.4 Å². The first-order chi connectivity index (χ1) is 12.1. The summed E-state index contributed by atoms with van der Waals surface area (Å²) < 4.78 is 13.8. The van der Waals surface area contributed by atoms with Crippen LogP contribution in [0.1, 0.15) is 38.8 Å². The SMILES string of the molecule is CCOC(=O)CCCn1cnc2c(ncn2[C@H]2CC[C@@H](CO)O2)c1=O. The van der Waals surface area contributed by atoms with Crippen LogP contribution in [0.15, 0.2) is 17.4 Å². The van der Waals surface area contributed by atoms with Gasteiger partial charge in [0.2, 0.25) is 0 Å². The first-order valence-electron chi connectivity index (χ1n) is 8.48. The highest BCUT2D eigenvalue weighted by Gasteiger charge is 2.27. The lowest BCUT2D eigenvalue weighted by Gasteiger charge is -2.14. The number of hydrogen-bond acceptors (Lipinski definition) is 7. The Morgan fingerprint density at radius 3 is 2.96 bits per heavy atom. The van der Waals surface area contributed by atoms with Crippen LogP contribution in [-0.4, -0.2) is 49.5 Å². The molecule has 3 heterocycles. The number of fused-ring (bicyclic) bond motifs is 1. The van der Waals surface area contributed by atoms with E-state index in [1.807, 2.05) is 0 Å². The zero-order valence-corrected chi connectivity index (χ0v) is 14.1. The largest absolute Gasteiger partial charge is 0.466 e. The van der Waals surface area contributed by atoms with Gasteiger partial charge in [0.25, 0.3) is 5.56 Å². The van der Waals surface area contributed by atoms with Gasteiger partial charge in [0, 0.05) is 13.0 Å². The van der Waals surface area contributed by atoms with Crippen molar-refractivity contribution in [3.8, 4) is 0 Å². The van der Waals surface area contributed by atoms with E-state index >= 15 is 0 Å². The number of aryl methyl sites for hydroxylation is 1. The summed E-state index contributed by atoms with van der Waals surface area (Å²) in [6, 6.07) is 0. The van der Waals surface area contributed by atoms with Crippen LogP contribution in [-0.2, 0) is 20.8 Å². The summed E-state index contributed by atoms with van der Waals surface area (Å²) in [6.45, 7) is 2.46. The normalized spacial score (nSPS) is 20.2.